The van der Waals surface area contributed by atoms with Gasteiger partial charge in [0.2, 0.25) is 0 Å². The van der Waals surface area contributed by atoms with Crippen molar-refractivity contribution >= 4 is 5.71 Å². The van der Waals surface area contributed by atoms with E-state index in [1.165, 1.54) is 0 Å². The summed E-state index contributed by atoms with van der Waals surface area (Å²) < 4.78 is 5.62. The Bertz CT molecular complexity index is 521. The summed E-state index contributed by atoms with van der Waals surface area (Å²) in [5.41, 5.74) is 2.47. The van der Waals surface area contributed by atoms with Crippen LogP contribution >= 0.6 is 0 Å². The van der Waals surface area contributed by atoms with E-state index in [1.54, 1.807) is 19.3 Å². The van der Waals surface area contributed by atoms with E-state index in [-0.39, 0.29) is 0 Å². The van der Waals surface area contributed by atoms with Gasteiger partial charge in [-0.3, -0.25) is 4.98 Å². The van der Waals surface area contributed by atoms with Gasteiger partial charge in [0, 0.05) is 18.0 Å². The molecule has 18 heavy (non-hydrogen) atoms. The standard InChI is InChI=1S/C14H14N2O2/c1-11(16-17)13-4-6-14(7-5-13)18-10-12-3-2-8-15-9-12/h2-9,17H,10H2,1H3. The molecule has 0 saturated carbocycles. The molecule has 2 aromatic rings. The number of aromatic nitrogens is 1. The number of ether oxygens (including phenoxy) is 1. The number of oxime groups is 1. The molecule has 0 spiro atoms. The zero-order chi connectivity index (χ0) is 12.8. The van der Waals surface area contributed by atoms with Crippen molar-refractivity contribution in [3.63, 3.8) is 0 Å². The highest BCUT2D eigenvalue weighted by Gasteiger charge is 1.99. The van der Waals surface area contributed by atoms with Gasteiger partial charge in [0.05, 0.1) is 5.71 Å². The Balaban J connectivity index is 1.99. The number of nitrogens with zero attached hydrogens (tertiary/aromatic N) is 2. The lowest BCUT2D eigenvalue weighted by atomic mass is 10.1. The molecule has 0 saturated heterocycles. The van der Waals surface area contributed by atoms with Crippen LogP contribution in [0.5, 0.6) is 5.75 Å². The van der Waals surface area contributed by atoms with Crippen LogP contribution in [0.4, 0.5) is 0 Å². The Kier molecular flexibility index (Phi) is 3.91. The maximum atomic E-state index is 8.66. The highest BCUT2D eigenvalue weighted by molar-refractivity contribution is 5.98. The Hall–Kier alpha value is -2.36. The molecule has 0 radical (unpaired) electrons. The third-order valence-electron chi connectivity index (χ3n) is 2.55. The molecule has 0 aliphatic carbocycles. The molecule has 4 nitrogen and oxygen atoms in total. The lowest BCUT2D eigenvalue weighted by Gasteiger charge is -2.06. The molecule has 92 valence electrons. The summed E-state index contributed by atoms with van der Waals surface area (Å²) in [6, 6.07) is 11.2. The average molecular weight is 242 g/mol. The summed E-state index contributed by atoms with van der Waals surface area (Å²) in [5, 5.41) is 11.8. The molecule has 0 fully saturated rings. The molecular formula is C14H14N2O2. The summed E-state index contributed by atoms with van der Waals surface area (Å²) in [7, 11) is 0. The minimum atomic E-state index is 0.486. The van der Waals surface area contributed by atoms with Gasteiger partial charge in [-0.2, -0.15) is 0 Å². The summed E-state index contributed by atoms with van der Waals surface area (Å²) >= 11 is 0. The van der Waals surface area contributed by atoms with Crippen molar-refractivity contribution in [1.82, 2.24) is 4.98 Å². The first-order valence-corrected chi connectivity index (χ1v) is 5.60. The number of pyridine rings is 1. The van der Waals surface area contributed by atoms with Gasteiger partial charge >= 0.3 is 0 Å². The summed E-state index contributed by atoms with van der Waals surface area (Å²) in [5.74, 6) is 0.772. The minimum absolute atomic E-state index is 0.486. The van der Waals surface area contributed by atoms with Crippen LogP contribution in [0.25, 0.3) is 0 Å². The van der Waals surface area contributed by atoms with Crippen LogP contribution in [0.15, 0.2) is 53.9 Å². The van der Waals surface area contributed by atoms with E-state index < -0.39 is 0 Å². The molecule has 1 aromatic heterocycles. The zero-order valence-corrected chi connectivity index (χ0v) is 10.1. The topological polar surface area (TPSA) is 54.7 Å². The van der Waals surface area contributed by atoms with E-state index in [2.05, 4.69) is 10.1 Å². The van der Waals surface area contributed by atoms with Gasteiger partial charge in [0.15, 0.2) is 0 Å². The molecule has 0 amide bonds. The van der Waals surface area contributed by atoms with E-state index in [4.69, 9.17) is 9.94 Å². The first kappa shape index (κ1) is 12.1. The molecule has 1 heterocycles. The molecule has 4 heteroatoms. The van der Waals surface area contributed by atoms with Crippen molar-refractivity contribution in [2.24, 2.45) is 5.16 Å². The lowest BCUT2D eigenvalue weighted by Crippen LogP contribution is -1.97. The van der Waals surface area contributed by atoms with Crippen molar-refractivity contribution in [2.45, 2.75) is 13.5 Å². The van der Waals surface area contributed by atoms with E-state index in [0.717, 1.165) is 16.9 Å². The molecule has 0 atom stereocenters. The average Bonchev–Trinajstić information content (AvgIpc) is 2.46. The Morgan fingerprint density at radius 3 is 2.67 bits per heavy atom. The second-order valence-corrected chi connectivity index (χ2v) is 3.86. The van der Waals surface area contributed by atoms with Crippen molar-refractivity contribution in [3.05, 3.63) is 59.9 Å². The highest BCUT2D eigenvalue weighted by atomic mass is 16.5. The fraction of sp³-hybridized carbons (Fsp3) is 0.143. The second-order valence-electron chi connectivity index (χ2n) is 3.86. The molecule has 0 unspecified atom stereocenters. The highest BCUT2D eigenvalue weighted by Crippen LogP contribution is 2.14. The van der Waals surface area contributed by atoms with Crippen LogP contribution in [0.1, 0.15) is 18.1 Å². The Morgan fingerprint density at radius 1 is 1.28 bits per heavy atom. The Labute approximate surface area is 106 Å². The van der Waals surface area contributed by atoms with Gasteiger partial charge in [-0.25, -0.2) is 0 Å². The summed E-state index contributed by atoms with van der Waals surface area (Å²) in [6.45, 7) is 2.23. The van der Waals surface area contributed by atoms with Crippen LogP contribution in [-0.2, 0) is 6.61 Å². The summed E-state index contributed by atoms with van der Waals surface area (Å²) in [6.07, 6.45) is 3.51. The maximum Gasteiger partial charge on any atom is 0.119 e. The normalized spacial score (nSPS) is 11.3. The van der Waals surface area contributed by atoms with E-state index in [1.807, 2.05) is 36.4 Å². The van der Waals surface area contributed by atoms with Gasteiger partial charge < -0.3 is 9.94 Å². The number of hydrogen-bond donors (Lipinski definition) is 1. The van der Waals surface area contributed by atoms with Crippen molar-refractivity contribution < 1.29 is 9.94 Å². The fourth-order valence-corrected chi connectivity index (χ4v) is 1.50. The van der Waals surface area contributed by atoms with Crippen molar-refractivity contribution in [1.29, 1.82) is 0 Å². The van der Waals surface area contributed by atoms with Crippen molar-refractivity contribution in [3.8, 4) is 5.75 Å². The third kappa shape index (κ3) is 3.07. The molecule has 0 aliphatic heterocycles. The number of rotatable bonds is 4. The van der Waals surface area contributed by atoms with Crippen LogP contribution in [-0.4, -0.2) is 15.9 Å². The van der Waals surface area contributed by atoms with Gasteiger partial charge in [-0.15, -0.1) is 0 Å². The number of hydrogen-bond acceptors (Lipinski definition) is 4. The molecule has 0 bridgehead atoms. The van der Waals surface area contributed by atoms with Crippen LogP contribution < -0.4 is 4.74 Å². The molecular weight excluding hydrogens is 228 g/mol. The van der Waals surface area contributed by atoms with Gasteiger partial charge in [0.25, 0.3) is 0 Å². The molecule has 1 aromatic carbocycles. The zero-order valence-electron chi connectivity index (χ0n) is 10.1. The van der Waals surface area contributed by atoms with Gasteiger partial charge in [-0.1, -0.05) is 11.2 Å². The van der Waals surface area contributed by atoms with Crippen LogP contribution in [0, 0.1) is 0 Å². The summed E-state index contributed by atoms with van der Waals surface area (Å²) in [4.78, 5) is 4.02. The predicted octanol–water partition coefficient (Wildman–Crippen LogP) is 2.86. The SMILES string of the molecule is CC(=NO)c1ccc(OCc2cccnc2)cc1. The largest absolute Gasteiger partial charge is 0.489 e. The first-order valence-electron chi connectivity index (χ1n) is 5.60. The minimum Gasteiger partial charge on any atom is -0.489 e. The molecule has 1 N–H and O–H groups in total. The smallest absolute Gasteiger partial charge is 0.119 e. The van der Waals surface area contributed by atoms with Crippen molar-refractivity contribution in [2.75, 3.05) is 0 Å². The van der Waals surface area contributed by atoms with E-state index >= 15 is 0 Å². The first-order chi connectivity index (χ1) is 8.79. The third-order valence-corrected chi connectivity index (χ3v) is 2.55. The van der Waals surface area contributed by atoms with E-state index in [9.17, 15) is 0 Å². The van der Waals surface area contributed by atoms with Crippen LogP contribution in [0.3, 0.4) is 0 Å². The molecule has 0 aliphatic rings. The maximum absolute atomic E-state index is 8.66. The second kappa shape index (κ2) is 5.82. The fourth-order valence-electron chi connectivity index (χ4n) is 1.50. The quantitative estimate of drug-likeness (QED) is 0.509. The van der Waals surface area contributed by atoms with Gasteiger partial charge in [0.1, 0.15) is 12.4 Å². The number of benzene rings is 1. The lowest BCUT2D eigenvalue weighted by molar-refractivity contribution is 0.305. The Morgan fingerprint density at radius 2 is 2.06 bits per heavy atom. The molecule has 2 rings (SSSR count). The van der Waals surface area contributed by atoms with Gasteiger partial charge in [-0.05, 0) is 42.8 Å². The van der Waals surface area contributed by atoms with E-state index in [0.29, 0.717) is 12.3 Å². The van der Waals surface area contributed by atoms with Crippen LogP contribution in [0.2, 0.25) is 0 Å². The monoisotopic (exact) mass is 242 g/mol. The predicted molar refractivity (Wildman–Crippen MR) is 69.0 cm³/mol.